The summed E-state index contributed by atoms with van der Waals surface area (Å²) in [5, 5.41) is 4.45. The van der Waals surface area contributed by atoms with E-state index in [-0.39, 0.29) is 11.5 Å². The zero-order chi connectivity index (χ0) is 14.6. The Labute approximate surface area is 116 Å². The summed E-state index contributed by atoms with van der Waals surface area (Å²) in [4.78, 5) is 0. The molecule has 0 aromatic carbocycles. The van der Waals surface area contributed by atoms with Crippen LogP contribution in [0.1, 0.15) is 30.8 Å². The van der Waals surface area contributed by atoms with Crippen LogP contribution < -0.4 is 5.73 Å². The molecule has 0 fully saturated rings. The molecule has 5 nitrogen and oxygen atoms in total. The van der Waals surface area contributed by atoms with Crippen LogP contribution in [0.5, 0.6) is 0 Å². The first kappa shape index (κ1) is 16.2. The highest BCUT2D eigenvalue weighted by Crippen LogP contribution is 2.17. The summed E-state index contributed by atoms with van der Waals surface area (Å²) in [6.45, 7) is 8.82. The number of hydrogen-bond donors (Lipinski definition) is 1. The van der Waals surface area contributed by atoms with Gasteiger partial charge in [-0.25, -0.2) is 8.42 Å². The fourth-order valence-electron chi connectivity index (χ4n) is 2.05. The van der Waals surface area contributed by atoms with Crippen LogP contribution in [-0.4, -0.2) is 36.2 Å². The van der Waals surface area contributed by atoms with E-state index in [0.29, 0.717) is 19.0 Å². The van der Waals surface area contributed by atoms with Crippen molar-refractivity contribution in [1.29, 1.82) is 0 Å². The molecule has 1 aromatic heterocycles. The minimum atomic E-state index is -2.95. The molecule has 1 atom stereocenters. The highest BCUT2D eigenvalue weighted by atomic mass is 32.2. The summed E-state index contributed by atoms with van der Waals surface area (Å²) in [5.41, 5.74) is 8.89. The van der Waals surface area contributed by atoms with Crippen molar-refractivity contribution < 1.29 is 8.42 Å². The smallest absolute Gasteiger partial charge is 0.151 e. The number of aryl methyl sites for hydroxylation is 2. The highest BCUT2D eigenvalue weighted by Gasteiger charge is 2.15. The number of nitrogens with two attached hydrogens (primary N) is 1. The number of rotatable bonds is 7. The second-order valence-corrected chi connectivity index (χ2v) is 7.63. The van der Waals surface area contributed by atoms with Crippen LogP contribution in [0, 0.1) is 19.8 Å². The summed E-state index contributed by atoms with van der Waals surface area (Å²) >= 11 is 0. The average Bonchev–Trinajstić information content (AvgIpc) is 2.64. The van der Waals surface area contributed by atoms with Crippen molar-refractivity contribution >= 4 is 9.84 Å². The lowest BCUT2D eigenvalue weighted by atomic mass is 10.00. The summed E-state index contributed by atoms with van der Waals surface area (Å²) in [5.74, 6) is 0.746. The first-order valence-electron chi connectivity index (χ1n) is 6.74. The van der Waals surface area contributed by atoms with Gasteiger partial charge in [-0.1, -0.05) is 13.8 Å². The maximum Gasteiger partial charge on any atom is 0.151 e. The molecular formula is C13H25N3O2S. The van der Waals surface area contributed by atoms with Crippen LogP contribution in [0.25, 0.3) is 0 Å². The van der Waals surface area contributed by atoms with Gasteiger partial charge in [0.2, 0.25) is 0 Å². The van der Waals surface area contributed by atoms with Crippen LogP contribution in [0.2, 0.25) is 0 Å². The first-order chi connectivity index (χ1) is 8.80. The Morgan fingerprint density at radius 3 is 2.53 bits per heavy atom. The van der Waals surface area contributed by atoms with Crippen LogP contribution in [0.4, 0.5) is 0 Å². The van der Waals surface area contributed by atoms with Gasteiger partial charge in [-0.3, -0.25) is 4.68 Å². The second-order valence-electron chi connectivity index (χ2n) is 5.15. The van der Waals surface area contributed by atoms with E-state index in [1.54, 1.807) is 11.6 Å². The molecule has 0 saturated carbocycles. The molecule has 0 aliphatic carbocycles. The standard InChI is InChI=1S/C13H25N3O2S/c1-5-19(17,18)7-6-16-12(4)13(11(3)15-16)8-10(2)9-14/h10H,5-9,14H2,1-4H3. The SMILES string of the molecule is CCS(=O)(=O)CCn1nc(C)c(CC(C)CN)c1C. The molecule has 0 bridgehead atoms. The van der Waals surface area contributed by atoms with Gasteiger partial charge in [-0.15, -0.1) is 0 Å². The lowest BCUT2D eigenvalue weighted by Crippen LogP contribution is -2.17. The zero-order valence-corrected chi connectivity index (χ0v) is 13.1. The Hall–Kier alpha value is -0.880. The Balaban J connectivity index is 2.85. The molecule has 0 spiro atoms. The van der Waals surface area contributed by atoms with Gasteiger partial charge in [0.25, 0.3) is 0 Å². The maximum atomic E-state index is 11.5. The highest BCUT2D eigenvalue weighted by molar-refractivity contribution is 7.91. The second kappa shape index (κ2) is 6.52. The molecule has 0 aliphatic rings. The number of aromatic nitrogens is 2. The van der Waals surface area contributed by atoms with E-state index in [2.05, 4.69) is 12.0 Å². The Bertz CT molecular complexity index is 520. The minimum absolute atomic E-state index is 0.150. The van der Waals surface area contributed by atoms with Crippen molar-refractivity contribution in [3.63, 3.8) is 0 Å². The molecule has 0 saturated heterocycles. The number of hydrogen-bond acceptors (Lipinski definition) is 4. The summed E-state index contributed by atoms with van der Waals surface area (Å²) in [7, 11) is -2.95. The summed E-state index contributed by atoms with van der Waals surface area (Å²) in [6, 6.07) is 0. The van der Waals surface area contributed by atoms with Crippen LogP contribution in [-0.2, 0) is 22.8 Å². The molecule has 1 unspecified atom stereocenters. The summed E-state index contributed by atoms with van der Waals surface area (Å²) < 4.78 is 24.9. The molecular weight excluding hydrogens is 262 g/mol. The van der Waals surface area contributed by atoms with Crippen molar-refractivity contribution in [3.8, 4) is 0 Å². The van der Waals surface area contributed by atoms with Gasteiger partial charge in [0.15, 0.2) is 9.84 Å². The Kier molecular flexibility index (Phi) is 5.55. The van der Waals surface area contributed by atoms with Gasteiger partial charge in [-0.05, 0) is 38.3 Å². The van der Waals surface area contributed by atoms with E-state index in [1.165, 1.54) is 5.56 Å². The quantitative estimate of drug-likeness (QED) is 0.813. The van der Waals surface area contributed by atoms with Crippen molar-refractivity contribution in [2.75, 3.05) is 18.1 Å². The molecule has 2 N–H and O–H groups in total. The molecule has 1 aromatic rings. The monoisotopic (exact) mass is 287 g/mol. The fourth-order valence-corrected chi connectivity index (χ4v) is 2.79. The predicted octanol–water partition coefficient (Wildman–Crippen LogP) is 1.07. The van der Waals surface area contributed by atoms with Gasteiger partial charge in [0.05, 0.1) is 18.0 Å². The van der Waals surface area contributed by atoms with E-state index >= 15 is 0 Å². The van der Waals surface area contributed by atoms with Crippen molar-refractivity contribution in [3.05, 3.63) is 17.0 Å². The van der Waals surface area contributed by atoms with Gasteiger partial charge in [-0.2, -0.15) is 5.10 Å². The first-order valence-corrected chi connectivity index (χ1v) is 8.56. The van der Waals surface area contributed by atoms with Crippen molar-refractivity contribution in [2.45, 2.75) is 40.7 Å². The molecule has 0 aliphatic heterocycles. The van der Waals surface area contributed by atoms with E-state index < -0.39 is 9.84 Å². The number of sulfone groups is 1. The van der Waals surface area contributed by atoms with Crippen LogP contribution in [0.3, 0.4) is 0 Å². The molecule has 0 radical (unpaired) electrons. The van der Waals surface area contributed by atoms with Gasteiger partial charge in [0.1, 0.15) is 0 Å². The maximum absolute atomic E-state index is 11.5. The summed E-state index contributed by atoms with van der Waals surface area (Å²) in [6.07, 6.45) is 0.898. The van der Waals surface area contributed by atoms with Crippen LogP contribution >= 0.6 is 0 Å². The zero-order valence-electron chi connectivity index (χ0n) is 12.3. The van der Waals surface area contributed by atoms with E-state index in [0.717, 1.165) is 17.8 Å². The third-order valence-electron chi connectivity index (χ3n) is 3.54. The third kappa shape index (κ3) is 4.31. The predicted molar refractivity (Wildman–Crippen MR) is 78.0 cm³/mol. The van der Waals surface area contributed by atoms with Gasteiger partial charge < -0.3 is 5.73 Å². The lowest BCUT2D eigenvalue weighted by Gasteiger charge is -2.09. The molecule has 19 heavy (non-hydrogen) atoms. The van der Waals surface area contributed by atoms with E-state index in [4.69, 9.17) is 5.73 Å². The minimum Gasteiger partial charge on any atom is -0.330 e. The van der Waals surface area contributed by atoms with Crippen molar-refractivity contribution in [2.24, 2.45) is 11.7 Å². The Morgan fingerprint density at radius 2 is 2.00 bits per heavy atom. The largest absolute Gasteiger partial charge is 0.330 e. The topological polar surface area (TPSA) is 78.0 Å². The normalized spacial score (nSPS) is 13.7. The third-order valence-corrected chi connectivity index (χ3v) is 5.22. The average molecular weight is 287 g/mol. The van der Waals surface area contributed by atoms with Crippen molar-refractivity contribution in [1.82, 2.24) is 9.78 Å². The fraction of sp³-hybridized carbons (Fsp3) is 0.769. The molecule has 0 amide bonds. The molecule has 6 heteroatoms. The van der Waals surface area contributed by atoms with Gasteiger partial charge in [0, 0.05) is 11.4 Å². The van der Waals surface area contributed by atoms with E-state index in [1.807, 2.05) is 13.8 Å². The molecule has 1 rings (SSSR count). The number of nitrogens with zero attached hydrogens (tertiary/aromatic N) is 2. The molecule has 110 valence electrons. The lowest BCUT2D eigenvalue weighted by molar-refractivity contribution is 0.574. The van der Waals surface area contributed by atoms with Crippen LogP contribution in [0.15, 0.2) is 0 Å². The van der Waals surface area contributed by atoms with Gasteiger partial charge >= 0.3 is 0 Å². The van der Waals surface area contributed by atoms with E-state index in [9.17, 15) is 8.42 Å². The molecule has 1 heterocycles. The Morgan fingerprint density at radius 1 is 1.37 bits per heavy atom.